The van der Waals surface area contributed by atoms with Gasteiger partial charge >= 0.3 is 12.3 Å². The first-order valence-corrected chi connectivity index (χ1v) is 11.3. The topological polar surface area (TPSA) is 103 Å². The summed E-state index contributed by atoms with van der Waals surface area (Å²) >= 11 is 0. The normalized spacial score (nSPS) is 11.7. The first kappa shape index (κ1) is 24.1. The summed E-state index contributed by atoms with van der Waals surface area (Å²) in [6, 6.07) is 11.0. The number of aromatic nitrogens is 6. The molecule has 0 aliphatic heterocycles. The average Bonchev–Trinajstić information content (AvgIpc) is 3.58. The Morgan fingerprint density at radius 2 is 1.76 bits per heavy atom. The van der Waals surface area contributed by atoms with Crippen LogP contribution in [0.1, 0.15) is 27.9 Å². The molecule has 0 radical (unpaired) electrons. The standard InChI is InChI=1S/C25H22F3N7O2/c1-16-9-32-34(12-16)13-17-2-4-18(5-3-17)14-35-15-21(22(33-35)25(26,27)28)37-24(36)31-11-19-8-20-6-7-29-23(20)30-10-19/h2-10,12,15H,11,13-14H2,1H3,(H,29,30)(H,31,36). The number of nitrogens with one attached hydrogen (secondary N) is 2. The zero-order valence-electron chi connectivity index (χ0n) is 19.7. The van der Waals surface area contributed by atoms with Gasteiger partial charge in [-0.2, -0.15) is 23.4 Å². The summed E-state index contributed by atoms with van der Waals surface area (Å²) in [5.41, 5.74) is 2.87. The summed E-state index contributed by atoms with van der Waals surface area (Å²) < 4.78 is 48.6. The maximum Gasteiger partial charge on any atom is 0.438 e. The van der Waals surface area contributed by atoms with E-state index in [-0.39, 0.29) is 13.1 Å². The van der Waals surface area contributed by atoms with Gasteiger partial charge in [-0.05, 0) is 41.3 Å². The van der Waals surface area contributed by atoms with E-state index in [9.17, 15) is 18.0 Å². The monoisotopic (exact) mass is 509 g/mol. The Kier molecular flexibility index (Phi) is 6.38. The van der Waals surface area contributed by atoms with Crippen molar-refractivity contribution >= 4 is 17.1 Å². The zero-order valence-corrected chi connectivity index (χ0v) is 19.7. The molecule has 1 aromatic carbocycles. The lowest BCUT2D eigenvalue weighted by Gasteiger charge is -2.08. The minimum atomic E-state index is -4.80. The number of aryl methyl sites for hydroxylation is 1. The van der Waals surface area contributed by atoms with E-state index in [1.807, 2.05) is 43.5 Å². The molecule has 5 rings (SSSR count). The molecule has 190 valence electrons. The minimum Gasteiger partial charge on any atom is -0.406 e. The predicted octanol–water partition coefficient (Wildman–Crippen LogP) is 4.67. The number of rotatable bonds is 7. The molecule has 0 aliphatic rings. The number of carbonyl (C=O) groups is 1. The van der Waals surface area contributed by atoms with Gasteiger partial charge in [0.25, 0.3) is 0 Å². The second-order valence-electron chi connectivity index (χ2n) is 8.57. The fourth-order valence-electron chi connectivity index (χ4n) is 3.83. The lowest BCUT2D eigenvalue weighted by atomic mass is 10.1. The number of pyridine rings is 1. The van der Waals surface area contributed by atoms with Crippen molar-refractivity contribution < 1.29 is 22.7 Å². The zero-order chi connectivity index (χ0) is 26.0. The molecule has 0 spiro atoms. The highest BCUT2D eigenvalue weighted by Crippen LogP contribution is 2.35. The molecule has 37 heavy (non-hydrogen) atoms. The van der Waals surface area contributed by atoms with Crippen molar-refractivity contribution in [2.45, 2.75) is 32.7 Å². The molecule has 0 atom stereocenters. The number of aromatic amines is 1. The van der Waals surface area contributed by atoms with Crippen molar-refractivity contribution in [2.24, 2.45) is 0 Å². The van der Waals surface area contributed by atoms with E-state index in [2.05, 4.69) is 25.5 Å². The quantitative estimate of drug-likeness (QED) is 0.332. The van der Waals surface area contributed by atoms with E-state index in [4.69, 9.17) is 4.74 Å². The van der Waals surface area contributed by atoms with Gasteiger partial charge in [0.15, 0.2) is 5.75 Å². The minimum absolute atomic E-state index is 0.0346. The van der Waals surface area contributed by atoms with Crippen molar-refractivity contribution in [1.82, 2.24) is 34.8 Å². The van der Waals surface area contributed by atoms with Gasteiger partial charge in [-0.25, -0.2) is 9.78 Å². The number of hydrogen-bond donors (Lipinski definition) is 2. The Hall–Kier alpha value is -4.61. The van der Waals surface area contributed by atoms with Gasteiger partial charge in [0.1, 0.15) is 5.65 Å². The van der Waals surface area contributed by atoms with Gasteiger partial charge in [-0.1, -0.05) is 24.3 Å². The van der Waals surface area contributed by atoms with E-state index in [1.54, 1.807) is 29.3 Å². The number of hydrogen-bond acceptors (Lipinski definition) is 5. The Bertz CT molecular complexity index is 1530. The summed E-state index contributed by atoms with van der Waals surface area (Å²) in [4.78, 5) is 19.4. The van der Waals surface area contributed by atoms with Crippen molar-refractivity contribution in [2.75, 3.05) is 0 Å². The first-order valence-electron chi connectivity index (χ1n) is 11.3. The van der Waals surface area contributed by atoms with Crippen molar-refractivity contribution in [3.63, 3.8) is 0 Å². The van der Waals surface area contributed by atoms with Gasteiger partial charge in [0.2, 0.25) is 5.69 Å². The van der Waals surface area contributed by atoms with Crippen LogP contribution < -0.4 is 10.1 Å². The van der Waals surface area contributed by atoms with E-state index in [0.29, 0.717) is 17.8 Å². The van der Waals surface area contributed by atoms with Crippen LogP contribution in [0.5, 0.6) is 5.75 Å². The Balaban J connectivity index is 1.24. The molecule has 4 aromatic heterocycles. The maximum absolute atomic E-state index is 13.6. The van der Waals surface area contributed by atoms with Crippen LogP contribution in [0.2, 0.25) is 0 Å². The van der Waals surface area contributed by atoms with E-state index in [0.717, 1.165) is 33.0 Å². The molecule has 4 heterocycles. The Morgan fingerprint density at radius 3 is 2.43 bits per heavy atom. The van der Waals surface area contributed by atoms with Crippen LogP contribution in [0.4, 0.5) is 18.0 Å². The maximum atomic E-state index is 13.6. The molecule has 12 heteroatoms. The van der Waals surface area contributed by atoms with E-state index in [1.165, 1.54) is 0 Å². The first-order chi connectivity index (χ1) is 17.7. The molecule has 0 saturated heterocycles. The molecule has 0 fully saturated rings. The number of H-pyrrole nitrogens is 1. The molecule has 2 N–H and O–H groups in total. The third-order valence-corrected chi connectivity index (χ3v) is 5.57. The van der Waals surface area contributed by atoms with Crippen LogP contribution in [-0.2, 0) is 25.8 Å². The number of amides is 1. The largest absolute Gasteiger partial charge is 0.438 e. The van der Waals surface area contributed by atoms with Crippen LogP contribution in [-0.4, -0.2) is 35.6 Å². The molecule has 5 aromatic rings. The second kappa shape index (κ2) is 9.80. The summed E-state index contributed by atoms with van der Waals surface area (Å²) in [6.45, 7) is 2.63. The van der Waals surface area contributed by atoms with Crippen LogP contribution in [0.15, 0.2) is 67.4 Å². The van der Waals surface area contributed by atoms with Gasteiger partial charge in [0.05, 0.1) is 25.5 Å². The number of benzene rings is 1. The SMILES string of the molecule is Cc1cnn(Cc2ccc(Cn3cc(OC(=O)NCc4cnc5[nH]ccc5c4)c(C(F)(F)F)n3)cc2)c1. The highest BCUT2D eigenvalue weighted by Gasteiger charge is 2.39. The van der Waals surface area contributed by atoms with Gasteiger partial charge in [0, 0.05) is 30.5 Å². The molecule has 0 bridgehead atoms. The lowest BCUT2D eigenvalue weighted by Crippen LogP contribution is -2.27. The number of carbonyl (C=O) groups excluding carboxylic acids is 1. The van der Waals surface area contributed by atoms with Crippen LogP contribution >= 0.6 is 0 Å². The fraction of sp³-hybridized carbons (Fsp3) is 0.200. The number of nitrogens with zero attached hydrogens (tertiary/aromatic N) is 5. The highest BCUT2D eigenvalue weighted by molar-refractivity contribution is 5.76. The van der Waals surface area contributed by atoms with Crippen molar-refractivity contribution in [3.05, 3.63) is 95.3 Å². The van der Waals surface area contributed by atoms with E-state index < -0.39 is 23.7 Å². The summed E-state index contributed by atoms with van der Waals surface area (Å²) in [6.07, 6.45) is 2.22. The van der Waals surface area contributed by atoms with Gasteiger partial charge in [-0.15, -0.1) is 0 Å². The van der Waals surface area contributed by atoms with Gasteiger partial charge < -0.3 is 15.0 Å². The Morgan fingerprint density at radius 1 is 1.03 bits per heavy atom. The van der Waals surface area contributed by atoms with Crippen LogP contribution in [0.3, 0.4) is 0 Å². The lowest BCUT2D eigenvalue weighted by molar-refractivity contribution is -0.142. The summed E-state index contributed by atoms with van der Waals surface area (Å²) in [5, 5.41) is 11.2. The molecule has 9 nitrogen and oxygen atoms in total. The predicted molar refractivity (Wildman–Crippen MR) is 128 cm³/mol. The fourth-order valence-corrected chi connectivity index (χ4v) is 3.83. The molecule has 1 amide bonds. The summed E-state index contributed by atoms with van der Waals surface area (Å²) in [5.74, 6) is -0.671. The van der Waals surface area contributed by atoms with Crippen molar-refractivity contribution in [3.8, 4) is 5.75 Å². The molecule has 0 saturated carbocycles. The number of ether oxygens (including phenoxy) is 1. The van der Waals surface area contributed by atoms with Gasteiger partial charge in [-0.3, -0.25) is 9.36 Å². The molecule has 0 aliphatic carbocycles. The molecular weight excluding hydrogens is 487 g/mol. The third-order valence-electron chi connectivity index (χ3n) is 5.57. The summed E-state index contributed by atoms with van der Waals surface area (Å²) in [7, 11) is 0. The third kappa shape index (κ3) is 5.80. The van der Waals surface area contributed by atoms with E-state index >= 15 is 0 Å². The van der Waals surface area contributed by atoms with Crippen LogP contribution in [0.25, 0.3) is 11.0 Å². The second-order valence-corrected chi connectivity index (χ2v) is 8.57. The molecule has 0 unspecified atom stereocenters. The Labute approximate surface area is 208 Å². The van der Waals surface area contributed by atoms with Crippen LogP contribution in [0, 0.1) is 6.92 Å². The van der Waals surface area contributed by atoms with Crippen molar-refractivity contribution in [1.29, 1.82) is 0 Å². The number of halogens is 3. The number of alkyl halides is 3. The highest BCUT2D eigenvalue weighted by atomic mass is 19.4. The molecular formula is C25H22F3N7O2. The average molecular weight is 509 g/mol. The smallest absolute Gasteiger partial charge is 0.406 e. The number of fused-ring (bicyclic) bond motifs is 1.